The highest BCUT2D eigenvalue weighted by atomic mass is 16.7. The summed E-state index contributed by atoms with van der Waals surface area (Å²) in [6.45, 7) is 1.04. The predicted octanol–water partition coefficient (Wildman–Crippen LogP) is -0.345. The number of fused-ring (bicyclic) bond motifs is 2. The van der Waals surface area contributed by atoms with E-state index in [4.69, 9.17) is 9.47 Å². The van der Waals surface area contributed by atoms with Crippen molar-refractivity contribution in [1.29, 1.82) is 0 Å². The molecule has 0 unspecified atom stereocenters. The molecule has 0 saturated carbocycles. The predicted molar refractivity (Wildman–Crippen MR) is 101 cm³/mol. The zero-order chi connectivity index (χ0) is 21.7. The number of aliphatic hydroxyl groups is 4. The molecule has 2 aromatic rings. The second-order valence-electron chi connectivity index (χ2n) is 7.36. The van der Waals surface area contributed by atoms with Crippen LogP contribution >= 0.6 is 0 Å². The summed E-state index contributed by atoms with van der Waals surface area (Å²) < 4.78 is 10.9. The molecule has 1 fully saturated rings. The highest BCUT2D eigenvalue weighted by Crippen LogP contribution is 2.38. The average molecular weight is 416 g/mol. The molecule has 1 aliphatic heterocycles. The van der Waals surface area contributed by atoms with Crippen molar-refractivity contribution in [2.45, 2.75) is 37.6 Å². The molecule has 9 nitrogen and oxygen atoms in total. The van der Waals surface area contributed by atoms with Gasteiger partial charge in [-0.25, -0.2) is 0 Å². The normalized spacial score (nSPS) is 28.1. The van der Waals surface area contributed by atoms with E-state index in [0.717, 1.165) is 0 Å². The van der Waals surface area contributed by atoms with Gasteiger partial charge in [0.15, 0.2) is 5.78 Å². The number of rotatable bonds is 3. The molecule has 0 amide bonds. The minimum Gasteiger partial charge on any atom is -0.507 e. The molecule has 2 aromatic carbocycles. The molecule has 5 atom stereocenters. The van der Waals surface area contributed by atoms with Crippen LogP contribution in [-0.2, 0) is 4.74 Å². The summed E-state index contributed by atoms with van der Waals surface area (Å²) >= 11 is 0. The first-order valence-corrected chi connectivity index (χ1v) is 9.27. The van der Waals surface area contributed by atoms with Gasteiger partial charge in [0.05, 0.1) is 17.7 Å². The molecular weight excluding hydrogens is 396 g/mol. The maximum absolute atomic E-state index is 13.1. The molecule has 9 heteroatoms. The van der Waals surface area contributed by atoms with Crippen LogP contribution in [0.3, 0.4) is 0 Å². The van der Waals surface area contributed by atoms with Crippen LogP contribution in [-0.4, -0.2) is 74.4 Å². The van der Waals surface area contributed by atoms with Crippen LogP contribution in [0.15, 0.2) is 30.3 Å². The molecule has 0 spiro atoms. The maximum Gasteiger partial charge on any atom is 0.229 e. The second kappa shape index (κ2) is 7.46. The Morgan fingerprint density at radius 1 is 0.967 bits per heavy atom. The number of ether oxygens (including phenoxy) is 2. The Balaban J connectivity index is 1.75. The second-order valence-corrected chi connectivity index (χ2v) is 7.36. The molecule has 158 valence electrons. The lowest BCUT2D eigenvalue weighted by Crippen LogP contribution is -2.60. The van der Waals surface area contributed by atoms with E-state index in [2.05, 4.69) is 0 Å². The minimum atomic E-state index is -1.68. The highest BCUT2D eigenvalue weighted by Gasteiger charge is 2.45. The van der Waals surface area contributed by atoms with Crippen molar-refractivity contribution < 1.29 is 44.6 Å². The quantitative estimate of drug-likeness (QED) is 0.386. The van der Waals surface area contributed by atoms with E-state index < -0.39 is 48.9 Å². The fourth-order valence-electron chi connectivity index (χ4n) is 3.80. The van der Waals surface area contributed by atoms with Crippen molar-refractivity contribution in [3.8, 4) is 11.5 Å². The van der Waals surface area contributed by atoms with E-state index in [0.29, 0.717) is 5.56 Å². The van der Waals surface area contributed by atoms with E-state index in [1.807, 2.05) is 0 Å². The lowest BCUT2D eigenvalue weighted by molar-refractivity contribution is -0.277. The number of hydrogen-bond donors (Lipinski definition) is 5. The molecular formula is C21H20O9. The van der Waals surface area contributed by atoms with E-state index in [-0.39, 0.29) is 33.8 Å². The minimum absolute atomic E-state index is 0.0552. The Morgan fingerprint density at radius 2 is 1.70 bits per heavy atom. The summed E-state index contributed by atoms with van der Waals surface area (Å²) in [6, 6.07) is 7.18. The van der Waals surface area contributed by atoms with Gasteiger partial charge in [0, 0.05) is 11.1 Å². The van der Waals surface area contributed by atoms with Gasteiger partial charge in [-0.05, 0) is 30.7 Å². The van der Waals surface area contributed by atoms with Crippen LogP contribution in [0.4, 0.5) is 0 Å². The molecule has 0 radical (unpaired) electrons. The average Bonchev–Trinajstić information content (AvgIpc) is 2.71. The number of carbonyl (C=O) groups is 2. The van der Waals surface area contributed by atoms with Gasteiger partial charge >= 0.3 is 0 Å². The van der Waals surface area contributed by atoms with Crippen LogP contribution in [0.1, 0.15) is 37.4 Å². The third-order valence-electron chi connectivity index (χ3n) is 5.32. The number of hydrogen-bond acceptors (Lipinski definition) is 9. The van der Waals surface area contributed by atoms with Gasteiger partial charge in [-0.2, -0.15) is 0 Å². The van der Waals surface area contributed by atoms with E-state index in [1.165, 1.54) is 30.3 Å². The zero-order valence-corrected chi connectivity index (χ0v) is 15.8. The van der Waals surface area contributed by atoms with Gasteiger partial charge in [0.25, 0.3) is 0 Å². The standard InChI is InChI=1S/C21H20O9/c1-8-5-10-14(11(23)6-8)18(26)15-9(16(10)24)3-2-4-12(15)29-21-20(28)19(27)17(25)13(7-22)30-21/h2-6,13,17,19-23,25,27-28H,7H2,1H3/t13-,17-,19-,20+,21+/m0/s1. The van der Waals surface area contributed by atoms with Gasteiger partial charge in [0.1, 0.15) is 35.9 Å². The van der Waals surface area contributed by atoms with Crippen LogP contribution in [0.2, 0.25) is 0 Å². The number of phenolic OH excluding ortho intramolecular Hbond substituents is 1. The van der Waals surface area contributed by atoms with Crippen LogP contribution in [0, 0.1) is 6.92 Å². The summed E-state index contributed by atoms with van der Waals surface area (Å²) in [5.41, 5.74) is 0.480. The molecule has 30 heavy (non-hydrogen) atoms. The Kier molecular flexibility index (Phi) is 5.08. The molecule has 5 N–H and O–H groups in total. The first-order chi connectivity index (χ1) is 14.2. The Morgan fingerprint density at radius 3 is 2.40 bits per heavy atom. The summed E-state index contributed by atoms with van der Waals surface area (Å²) in [5, 5.41) is 49.6. The summed E-state index contributed by atoms with van der Waals surface area (Å²) in [6.07, 6.45) is -7.63. The number of ketones is 2. The molecule has 1 saturated heterocycles. The number of benzene rings is 2. The lowest BCUT2D eigenvalue weighted by atomic mass is 9.82. The van der Waals surface area contributed by atoms with Crippen molar-refractivity contribution in [2.24, 2.45) is 0 Å². The largest absolute Gasteiger partial charge is 0.507 e. The van der Waals surface area contributed by atoms with E-state index >= 15 is 0 Å². The molecule has 2 aliphatic rings. The van der Waals surface area contributed by atoms with Crippen molar-refractivity contribution in [2.75, 3.05) is 6.61 Å². The number of aromatic hydroxyl groups is 1. The Bertz CT molecular complexity index is 1030. The summed E-state index contributed by atoms with van der Waals surface area (Å²) in [7, 11) is 0. The Labute approximate surface area is 170 Å². The van der Waals surface area contributed by atoms with Crippen molar-refractivity contribution in [3.63, 3.8) is 0 Å². The first-order valence-electron chi connectivity index (χ1n) is 9.27. The first kappa shape index (κ1) is 20.5. The Hall–Kier alpha value is -2.82. The van der Waals surface area contributed by atoms with E-state index in [9.17, 15) is 35.1 Å². The molecule has 1 aliphatic carbocycles. The van der Waals surface area contributed by atoms with Gasteiger partial charge in [-0.1, -0.05) is 12.1 Å². The van der Waals surface area contributed by atoms with Gasteiger partial charge in [-0.15, -0.1) is 0 Å². The number of carbonyl (C=O) groups excluding carboxylic acids is 2. The summed E-state index contributed by atoms with van der Waals surface area (Å²) in [4.78, 5) is 26.1. The number of aryl methyl sites for hydroxylation is 1. The monoisotopic (exact) mass is 416 g/mol. The van der Waals surface area contributed by atoms with Gasteiger partial charge in [0.2, 0.25) is 12.1 Å². The maximum atomic E-state index is 13.1. The number of aliphatic hydroxyl groups excluding tert-OH is 4. The molecule has 4 rings (SSSR count). The van der Waals surface area contributed by atoms with Crippen LogP contribution in [0.25, 0.3) is 0 Å². The molecule has 0 aromatic heterocycles. The van der Waals surface area contributed by atoms with Gasteiger partial charge < -0.3 is 35.0 Å². The smallest absolute Gasteiger partial charge is 0.229 e. The SMILES string of the molecule is Cc1cc(O)c2c(c1)C(=O)c1cccc(O[C@@H]3O[C@@H](CO)[C@H](O)[C@H](O)[C@H]3O)c1C2=O. The lowest BCUT2D eigenvalue weighted by Gasteiger charge is -2.39. The fourth-order valence-corrected chi connectivity index (χ4v) is 3.80. The molecule has 0 bridgehead atoms. The van der Waals surface area contributed by atoms with Crippen LogP contribution in [0.5, 0.6) is 11.5 Å². The number of phenols is 1. The van der Waals surface area contributed by atoms with Crippen molar-refractivity contribution >= 4 is 11.6 Å². The summed E-state index contributed by atoms with van der Waals surface area (Å²) in [5.74, 6) is -1.56. The zero-order valence-electron chi connectivity index (χ0n) is 15.8. The highest BCUT2D eigenvalue weighted by molar-refractivity contribution is 6.30. The van der Waals surface area contributed by atoms with E-state index in [1.54, 1.807) is 6.92 Å². The third kappa shape index (κ3) is 3.08. The third-order valence-corrected chi connectivity index (χ3v) is 5.32. The topological polar surface area (TPSA) is 154 Å². The molecule has 1 heterocycles. The van der Waals surface area contributed by atoms with Crippen molar-refractivity contribution in [3.05, 3.63) is 58.1 Å². The fraction of sp³-hybridized carbons (Fsp3) is 0.333. The van der Waals surface area contributed by atoms with Crippen LogP contribution < -0.4 is 4.74 Å². The van der Waals surface area contributed by atoms with Gasteiger partial charge in [-0.3, -0.25) is 9.59 Å². The van der Waals surface area contributed by atoms with Crippen molar-refractivity contribution in [1.82, 2.24) is 0 Å².